The average molecular weight is 228 g/mol. The topological polar surface area (TPSA) is 58.6 Å². The zero-order chi connectivity index (χ0) is 11.8. The Hall–Kier alpha value is -1.10. The summed E-state index contributed by atoms with van der Waals surface area (Å²) in [6, 6.07) is 0. The van der Waals surface area contributed by atoms with Crippen LogP contribution >= 0.6 is 0 Å². The lowest BCUT2D eigenvalue weighted by atomic mass is 10.3. The van der Waals surface area contributed by atoms with Gasteiger partial charge in [0.15, 0.2) is 0 Å². The second kappa shape index (κ2) is 7.22. The van der Waals surface area contributed by atoms with Crippen LogP contribution in [-0.2, 0) is 14.3 Å². The summed E-state index contributed by atoms with van der Waals surface area (Å²) in [5.74, 6) is -0.0229. The lowest BCUT2D eigenvalue weighted by molar-refractivity contribution is -0.130. The number of hydrogen-bond donors (Lipinski definition) is 1. The van der Waals surface area contributed by atoms with E-state index in [0.29, 0.717) is 19.6 Å². The van der Waals surface area contributed by atoms with Gasteiger partial charge in [-0.1, -0.05) is 0 Å². The van der Waals surface area contributed by atoms with Gasteiger partial charge in [-0.25, -0.2) is 0 Å². The molecule has 16 heavy (non-hydrogen) atoms. The first-order valence-corrected chi connectivity index (χ1v) is 5.86. The molecule has 0 aromatic rings. The third-order valence-electron chi connectivity index (χ3n) is 2.56. The molecule has 0 radical (unpaired) electrons. The summed E-state index contributed by atoms with van der Waals surface area (Å²) in [5, 5.41) is 2.66. The molecule has 0 spiro atoms. The molecule has 1 aliphatic heterocycles. The van der Waals surface area contributed by atoms with Crippen LogP contribution in [0.25, 0.3) is 0 Å². The maximum Gasteiger partial charge on any atom is 0.246 e. The van der Waals surface area contributed by atoms with Gasteiger partial charge in [-0.15, -0.1) is 0 Å². The molecule has 0 atom stereocenters. The number of rotatable bonds is 6. The van der Waals surface area contributed by atoms with Crippen molar-refractivity contribution in [1.29, 1.82) is 0 Å². The van der Waals surface area contributed by atoms with Crippen LogP contribution in [0.3, 0.4) is 0 Å². The van der Waals surface area contributed by atoms with E-state index in [0.717, 1.165) is 25.9 Å². The van der Waals surface area contributed by atoms with Crippen LogP contribution in [0.2, 0.25) is 0 Å². The molecule has 0 unspecified atom stereocenters. The van der Waals surface area contributed by atoms with Crippen molar-refractivity contribution >= 4 is 11.8 Å². The normalized spacial score (nSPS) is 15.2. The van der Waals surface area contributed by atoms with E-state index in [2.05, 4.69) is 5.32 Å². The summed E-state index contributed by atoms with van der Waals surface area (Å²) in [5.41, 5.74) is 0. The van der Waals surface area contributed by atoms with Crippen molar-refractivity contribution in [3.05, 3.63) is 0 Å². The Kier molecular flexibility index (Phi) is 5.85. The molecule has 0 aromatic heterocycles. The Morgan fingerprint density at radius 3 is 2.62 bits per heavy atom. The third-order valence-corrected chi connectivity index (χ3v) is 2.56. The first-order valence-electron chi connectivity index (χ1n) is 5.86. The highest BCUT2D eigenvalue weighted by Gasteiger charge is 2.17. The summed E-state index contributed by atoms with van der Waals surface area (Å²) in [6.45, 7) is 4.58. The number of carbonyl (C=O) groups is 2. The number of carbonyl (C=O) groups excluding carboxylic acids is 2. The number of likely N-dealkylation sites (tertiary alicyclic amines) is 1. The van der Waals surface area contributed by atoms with Crippen molar-refractivity contribution in [1.82, 2.24) is 10.2 Å². The number of nitrogens with one attached hydrogen (secondary N) is 1. The summed E-state index contributed by atoms with van der Waals surface area (Å²) in [7, 11) is 0. The van der Waals surface area contributed by atoms with Crippen LogP contribution in [0, 0.1) is 0 Å². The number of ether oxygens (including phenoxy) is 1. The first-order chi connectivity index (χ1) is 7.74. The fourth-order valence-electron chi connectivity index (χ4n) is 1.68. The lowest BCUT2D eigenvalue weighted by Crippen LogP contribution is -2.34. The van der Waals surface area contributed by atoms with Gasteiger partial charge in [0.05, 0.1) is 0 Å². The van der Waals surface area contributed by atoms with Crippen molar-refractivity contribution in [3.63, 3.8) is 0 Å². The molecule has 0 saturated carbocycles. The van der Waals surface area contributed by atoms with Crippen molar-refractivity contribution in [2.24, 2.45) is 0 Å². The third kappa shape index (κ3) is 4.61. The minimum Gasteiger partial charge on any atom is -0.372 e. The Morgan fingerprint density at radius 2 is 2.00 bits per heavy atom. The van der Waals surface area contributed by atoms with E-state index in [-0.39, 0.29) is 18.4 Å². The monoisotopic (exact) mass is 228 g/mol. The summed E-state index contributed by atoms with van der Waals surface area (Å²) >= 11 is 0. The van der Waals surface area contributed by atoms with E-state index < -0.39 is 0 Å². The van der Waals surface area contributed by atoms with Gasteiger partial charge in [0.1, 0.15) is 6.61 Å². The predicted octanol–water partition coefficient (Wildman–Crippen LogP) is 0.152. The van der Waals surface area contributed by atoms with Crippen molar-refractivity contribution in [2.75, 3.05) is 32.8 Å². The number of hydrogen-bond acceptors (Lipinski definition) is 3. The average Bonchev–Trinajstić information content (AvgIpc) is 2.79. The summed E-state index contributed by atoms with van der Waals surface area (Å²) < 4.78 is 4.95. The minimum absolute atomic E-state index is 0.0778. The molecule has 1 rings (SSSR count). The first kappa shape index (κ1) is 13.0. The van der Waals surface area contributed by atoms with Crippen LogP contribution in [0.4, 0.5) is 0 Å². The van der Waals surface area contributed by atoms with Crippen LogP contribution in [0.15, 0.2) is 0 Å². The SMILES string of the molecule is CCOCC(=O)NCCC(=O)N1CCCC1. The van der Waals surface area contributed by atoms with Crippen LogP contribution in [0.5, 0.6) is 0 Å². The fraction of sp³-hybridized carbons (Fsp3) is 0.818. The second-order valence-corrected chi connectivity index (χ2v) is 3.82. The lowest BCUT2D eigenvalue weighted by Gasteiger charge is -2.15. The standard InChI is InChI=1S/C11H20N2O3/c1-2-16-9-10(14)12-6-5-11(15)13-7-3-4-8-13/h2-9H2,1H3,(H,12,14). The van der Waals surface area contributed by atoms with Gasteiger partial charge in [0.2, 0.25) is 11.8 Å². The second-order valence-electron chi connectivity index (χ2n) is 3.82. The molecule has 1 fully saturated rings. The van der Waals surface area contributed by atoms with Gasteiger partial charge in [0, 0.05) is 32.7 Å². The van der Waals surface area contributed by atoms with E-state index in [1.807, 2.05) is 11.8 Å². The Labute approximate surface area is 96.1 Å². The predicted molar refractivity (Wildman–Crippen MR) is 59.9 cm³/mol. The molecule has 0 aliphatic carbocycles. The van der Waals surface area contributed by atoms with Crippen molar-refractivity contribution in [2.45, 2.75) is 26.2 Å². The number of amides is 2. The van der Waals surface area contributed by atoms with Gasteiger partial charge < -0.3 is 15.0 Å². The summed E-state index contributed by atoms with van der Waals surface area (Å²) in [4.78, 5) is 24.6. The molecule has 1 heterocycles. The number of nitrogens with zero attached hydrogens (tertiary/aromatic N) is 1. The molecule has 2 amide bonds. The van der Waals surface area contributed by atoms with Gasteiger partial charge in [0.25, 0.3) is 0 Å². The van der Waals surface area contributed by atoms with Crippen LogP contribution < -0.4 is 5.32 Å². The Balaban J connectivity index is 2.05. The van der Waals surface area contributed by atoms with Gasteiger partial charge in [-0.2, -0.15) is 0 Å². The van der Waals surface area contributed by atoms with Gasteiger partial charge >= 0.3 is 0 Å². The Bertz CT molecular complexity index is 237. The zero-order valence-corrected chi connectivity index (χ0v) is 9.83. The van der Waals surface area contributed by atoms with Gasteiger partial charge in [-0.3, -0.25) is 9.59 Å². The molecule has 1 saturated heterocycles. The highest BCUT2D eigenvalue weighted by atomic mass is 16.5. The molecule has 92 valence electrons. The minimum atomic E-state index is -0.156. The largest absolute Gasteiger partial charge is 0.372 e. The zero-order valence-electron chi connectivity index (χ0n) is 9.83. The molecule has 0 aromatic carbocycles. The quantitative estimate of drug-likeness (QED) is 0.704. The van der Waals surface area contributed by atoms with Gasteiger partial charge in [-0.05, 0) is 19.8 Å². The molecular formula is C11H20N2O3. The molecule has 1 N–H and O–H groups in total. The molecule has 5 nitrogen and oxygen atoms in total. The van der Waals surface area contributed by atoms with Crippen molar-refractivity contribution in [3.8, 4) is 0 Å². The smallest absolute Gasteiger partial charge is 0.246 e. The molecule has 1 aliphatic rings. The van der Waals surface area contributed by atoms with E-state index in [1.165, 1.54) is 0 Å². The molecular weight excluding hydrogens is 208 g/mol. The summed E-state index contributed by atoms with van der Waals surface area (Å²) in [6.07, 6.45) is 2.59. The van der Waals surface area contributed by atoms with Crippen LogP contribution in [0.1, 0.15) is 26.2 Å². The highest BCUT2D eigenvalue weighted by Crippen LogP contribution is 2.08. The highest BCUT2D eigenvalue weighted by molar-refractivity contribution is 5.79. The molecule has 5 heteroatoms. The van der Waals surface area contributed by atoms with Crippen LogP contribution in [-0.4, -0.2) is 49.6 Å². The van der Waals surface area contributed by atoms with E-state index in [4.69, 9.17) is 4.74 Å². The van der Waals surface area contributed by atoms with E-state index in [9.17, 15) is 9.59 Å². The molecule has 0 bridgehead atoms. The van der Waals surface area contributed by atoms with E-state index >= 15 is 0 Å². The van der Waals surface area contributed by atoms with E-state index in [1.54, 1.807) is 0 Å². The van der Waals surface area contributed by atoms with Crippen molar-refractivity contribution < 1.29 is 14.3 Å². The Morgan fingerprint density at radius 1 is 1.31 bits per heavy atom. The maximum absolute atomic E-state index is 11.6. The fourth-order valence-corrected chi connectivity index (χ4v) is 1.68. The maximum atomic E-state index is 11.6.